The van der Waals surface area contributed by atoms with Crippen LogP contribution in [0.4, 0.5) is 0 Å². The molecule has 3 nitrogen and oxygen atoms in total. The molecule has 0 aliphatic rings. The first-order valence-electron chi connectivity index (χ1n) is 4.20. The van der Waals surface area contributed by atoms with Crippen molar-refractivity contribution in [3.63, 3.8) is 0 Å². The fourth-order valence-electron chi connectivity index (χ4n) is 0.949. The van der Waals surface area contributed by atoms with Gasteiger partial charge in [-0.05, 0) is 19.1 Å². The van der Waals surface area contributed by atoms with Gasteiger partial charge in [-0.25, -0.2) is 0 Å². The molecular weight excluding hydrogens is 176 g/mol. The van der Waals surface area contributed by atoms with Gasteiger partial charge in [-0.1, -0.05) is 24.3 Å². The van der Waals surface area contributed by atoms with E-state index < -0.39 is 0 Å². The van der Waals surface area contributed by atoms with E-state index in [2.05, 4.69) is 5.32 Å². The maximum atomic E-state index is 11.5. The van der Waals surface area contributed by atoms with Crippen molar-refractivity contribution in [3.05, 3.63) is 47.7 Å². The summed E-state index contributed by atoms with van der Waals surface area (Å²) >= 11 is 0. The van der Waals surface area contributed by atoms with Gasteiger partial charge < -0.3 is 5.32 Å². The molecule has 0 saturated carbocycles. The molecule has 0 aliphatic carbocycles. The molecule has 1 N–H and O–H groups in total. The lowest BCUT2D eigenvalue weighted by Crippen LogP contribution is -2.21. The SMILES string of the molecule is C/C=C(/C#N)NC(=O)c1ccccc1. The lowest BCUT2D eigenvalue weighted by Gasteiger charge is -2.01. The first-order valence-corrected chi connectivity index (χ1v) is 4.20. The number of rotatable bonds is 2. The Morgan fingerprint density at radius 2 is 2.07 bits per heavy atom. The van der Waals surface area contributed by atoms with Crippen LogP contribution in [0.25, 0.3) is 0 Å². The molecule has 0 unspecified atom stereocenters. The first-order chi connectivity index (χ1) is 6.77. The molecule has 1 aromatic carbocycles. The second kappa shape index (κ2) is 4.83. The highest BCUT2D eigenvalue weighted by Crippen LogP contribution is 1.99. The van der Waals surface area contributed by atoms with Crippen LogP contribution in [0.2, 0.25) is 0 Å². The largest absolute Gasteiger partial charge is 0.313 e. The number of allylic oxidation sites excluding steroid dienone is 2. The molecule has 1 aromatic rings. The number of carbonyl (C=O) groups is 1. The Hall–Kier alpha value is -2.08. The van der Waals surface area contributed by atoms with Crippen LogP contribution in [0.15, 0.2) is 42.1 Å². The Labute approximate surface area is 82.7 Å². The van der Waals surface area contributed by atoms with Crippen molar-refractivity contribution in [2.45, 2.75) is 6.92 Å². The molecule has 0 bridgehead atoms. The first kappa shape index (κ1) is 10.0. The normalized spacial score (nSPS) is 10.4. The van der Waals surface area contributed by atoms with E-state index in [0.29, 0.717) is 5.56 Å². The van der Waals surface area contributed by atoms with Gasteiger partial charge in [-0.3, -0.25) is 4.79 Å². The summed E-state index contributed by atoms with van der Waals surface area (Å²) in [7, 11) is 0. The monoisotopic (exact) mass is 186 g/mol. The van der Waals surface area contributed by atoms with E-state index in [9.17, 15) is 4.79 Å². The maximum Gasteiger partial charge on any atom is 0.256 e. The summed E-state index contributed by atoms with van der Waals surface area (Å²) in [6, 6.07) is 10.7. The van der Waals surface area contributed by atoms with E-state index in [1.54, 1.807) is 37.3 Å². The number of hydrogen-bond donors (Lipinski definition) is 1. The quantitative estimate of drug-likeness (QED) is 0.716. The summed E-state index contributed by atoms with van der Waals surface area (Å²) in [5.74, 6) is -0.264. The number of carbonyl (C=O) groups excluding carboxylic acids is 1. The molecule has 14 heavy (non-hydrogen) atoms. The van der Waals surface area contributed by atoms with Gasteiger partial charge in [0.25, 0.3) is 5.91 Å². The zero-order valence-electron chi connectivity index (χ0n) is 7.82. The lowest BCUT2D eigenvalue weighted by molar-refractivity contribution is 0.0967. The van der Waals surface area contributed by atoms with Crippen molar-refractivity contribution in [2.75, 3.05) is 0 Å². The number of nitriles is 1. The number of amides is 1. The van der Waals surface area contributed by atoms with Crippen molar-refractivity contribution in [3.8, 4) is 6.07 Å². The zero-order chi connectivity index (χ0) is 10.4. The highest BCUT2D eigenvalue weighted by atomic mass is 16.1. The molecule has 0 atom stereocenters. The minimum Gasteiger partial charge on any atom is -0.313 e. The Morgan fingerprint density at radius 3 is 2.57 bits per heavy atom. The van der Waals surface area contributed by atoms with Gasteiger partial charge in [-0.15, -0.1) is 0 Å². The standard InChI is InChI=1S/C11H10N2O/c1-2-10(8-12)13-11(14)9-6-4-3-5-7-9/h2-7H,1H3,(H,13,14)/b10-2-. The molecule has 3 heteroatoms. The number of nitrogens with one attached hydrogen (secondary N) is 1. The van der Waals surface area contributed by atoms with Crippen LogP contribution in [-0.2, 0) is 0 Å². The average molecular weight is 186 g/mol. The fraction of sp³-hybridized carbons (Fsp3) is 0.0909. The Kier molecular flexibility index (Phi) is 3.45. The lowest BCUT2D eigenvalue weighted by atomic mass is 10.2. The van der Waals surface area contributed by atoms with Gasteiger partial charge in [0.15, 0.2) is 0 Å². The van der Waals surface area contributed by atoms with E-state index in [1.807, 2.05) is 12.1 Å². The summed E-state index contributed by atoms with van der Waals surface area (Å²) in [6.45, 7) is 1.70. The molecule has 0 heterocycles. The van der Waals surface area contributed by atoms with Crippen molar-refractivity contribution < 1.29 is 4.79 Å². The molecule has 0 radical (unpaired) electrons. The Balaban J connectivity index is 2.75. The molecule has 0 aliphatic heterocycles. The van der Waals surface area contributed by atoms with Crippen molar-refractivity contribution >= 4 is 5.91 Å². The molecule has 70 valence electrons. The third-order valence-electron chi connectivity index (χ3n) is 1.69. The third kappa shape index (κ3) is 2.46. The van der Waals surface area contributed by atoms with Crippen LogP contribution in [0, 0.1) is 11.3 Å². The van der Waals surface area contributed by atoms with Crippen LogP contribution in [0.5, 0.6) is 0 Å². The Bertz CT molecular complexity index is 387. The van der Waals surface area contributed by atoms with E-state index in [4.69, 9.17) is 5.26 Å². The van der Waals surface area contributed by atoms with Crippen LogP contribution in [0.1, 0.15) is 17.3 Å². The van der Waals surface area contributed by atoms with Gasteiger partial charge in [0.2, 0.25) is 0 Å². The van der Waals surface area contributed by atoms with Crippen LogP contribution >= 0.6 is 0 Å². The topological polar surface area (TPSA) is 52.9 Å². The van der Waals surface area contributed by atoms with Gasteiger partial charge in [-0.2, -0.15) is 5.26 Å². The summed E-state index contributed by atoms with van der Waals surface area (Å²) in [5, 5.41) is 11.1. The predicted molar refractivity (Wildman–Crippen MR) is 53.3 cm³/mol. The fourth-order valence-corrected chi connectivity index (χ4v) is 0.949. The van der Waals surface area contributed by atoms with Gasteiger partial charge >= 0.3 is 0 Å². The predicted octanol–water partition coefficient (Wildman–Crippen LogP) is 1.84. The van der Waals surface area contributed by atoms with Gasteiger partial charge in [0.1, 0.15) is 11.8 Å². The average Bonchev–Trinajstić information content (AvgIpc) is 2.26. The molecular formula is C11H10N2O. The van der Waals surface area contributed by atoms with Crippen molar-refractivity contribution in [2.24, 2.45) is 0 Å². The number of nitrogens with zero attached hydrogens (tertiary/aromatic N) is 1. The smallest absolute Gasteiger partial charge is 0.256 e. The third-order valence-corrected chi connectivity index (χ3v) is 1.69. The molecule has 0 fully saturated rings. The highest BCUT2D eigenvalue weighted by molar-refractivity contribution is 5.95. The van der Waals surface area contributed by atoms with Crippen LogP contribution < -0.4 is 5.32 Å². The summed E-state index contributed by atoms with van der Waals surface area (Å²) < 4.78 is 0. The molecule has 1 amide bonds. The van der Waals surface area contributed by atoms with E-state index in [-0.39, 0.29) is 11.6 Å². The summed E-state index contributed by atoms with van der Waals surface area (Å²) in [4.78, 5) is 11.5. The second-order valence-electron chi connectivity index (χ2n) is 2.63. The van der Waals surface area contributed by atoms with Crippen LogP contribution in [-0.4, -0.2) is 5.91 Å². The molecule has 0 saturated heterocycles. The molecule has 0 spiro atoms. The number of hydrogen-bond acceptors (Lipinski definition) is 2. The van der Waals surface area contributed by atoms with Gasteiger partial charge in [0.05, 0.1) is 0 Å². The van der Waals surface area contributed by atoms with Crippen molar-refractivity contribution in [1.82, 2.24) is 5.32 Å². The van der Waals surface area contributed by atoms with Crippen LogP contribution in [0.3, 0.4) is 0 Å². The minimum atomic E-state index is -0.264. The molecule has 1 rings (SSSR count). The zero-order valence-corrected chi connectivity index (χ0v) is 7.82. The van der Waals surface area contributed by atoms with E-state index in [1.165, 1.54) is 0 Å². The maximum absolute atomic E-state index is 11.5. The second-order valence-corrected chi connectivity index (χ2v) is 2.63. The molecule has 0 aromatic heterocycles. The van der Waals surface area contributed by atoms with E-state index in [0.717, 1.165) is 0 Å². The van der Waals surface area contributed by atoms with Crippen molar-refractivity contribution in [1.29, 1.82) is 5.26 Å². The van der Waals surface area contributed by atoms with E-state index >= 15 is 0 Å². The Morgan fingerprint density at radius 1 is 1.43 bits per heavy atom. The highest BCUT2D eigenvalue weighted by Gasteiger charge is 2.04. The summed E-state index contributed by atoms with van der Waals surface area (Å²) in [5.41, 5.74) is 0.806. The van der Waals surface area contributed by atoms with Gasteiger partial charge in [0, 0.05) is 5.56 Å². The minimum absolute atomic E-state index is 0.263. The number of benzene rings is 1. The summed E-state index contributed by atoms with van der Waals surface area (Å²) in [6.07, 6.45) is 1.56.